The summed E-state index contributed by atoms with van der Waals surface area (Å²) in [5, 5.41) is 13.7. The Kier molecular flexibility index (Phi) is 6.24. The van der Waals surface area contributed by atoms with E-state index in [2.05, 4.69) is 29.1 Å². The van der Waals surface area contributed by atoms with Crippen molar-refractivity contribution in [3.05, 3.63) is 21.9 Å². The second-order valence-corrected chi connectivity index (χ2v) is 6.20. The molecular weight excluding hydrogens is 284 g/mol. The van der Waals surface area contributed by atoms with E-state index in [0.29, 0.717) is 23.9 Å². The third-order valence-electron chi connectivity index (χ3n) is 3.75. The first-order valence-corrected chi connectivity index (χ1v) is 8.26. The van der Waals surface area contributed by atoms with Crippen LogP contribution in [-0.4, -0.2) is 48.7 Å². The highest BCUT2D eigenvalue weighted by atomic mass is 32.1. The number of aliphatic hydroxyl groups excluding tert-OH is 1. The molecule has 0 saturated carbocycles. The lowest BCUT2D eigenvalue weighted by Gasteiger charge is -2.32. The van der Waals surface area contributed by atoms with E-state index in [1.54, 1.807) is 0 Å². The van der Waals surface area contributed by atoms with Crippen LogP contribution in [0.1, 0.15) is 40.9 Å². The van der Waals surface area contributed by atoms with Crippen molar-refractivity contribution in [1.82, 2.24) is 10.2 Å². The van der Waals surface area contributed by atoms with Crippen LogP contribution in [0.3, 0.4) is 0 Å². The summed E-state index contributed by atoms with van der Waals surface area (Å²) in [7, 11) is 2.12. The molecule has 1 aromatic heterocycles. The quantitative estimate of drug-likeness (QED) is 0.833. The van der Waals surface area contributed by atoms with E-state index >= 15 is 0 Å². The molecule has 4 nitrogen and oxygen atoms in total. The van der Waals surface area contributed by atoms with E-state index in [0.717, 1.165) is 18.5 Å². The fraction of sp³-hybridized carbons (Fsp3) is 0.562. The Bertz CT molecular complexity index is 530. The first-order valence-electron chi connectivity index (χ1n) is 7.38. The number of amides is 1. The highest BCUT2D eigenvalue weighted by Crippen LogP contribution is 2.17. The van der Waals surface area contributed by atoms with Crippen molar-refractivity contribution in [2.75, 3.05) is 26.7 Å². The summed E-state index contributed by atoms with van der Waals surface area (Å²) in [6.07, 6.45) is 4.06. The first-order chi connectivity index (χ1) is 10.2. The Balaban J connectivity index is 1.92. The van der Waals surface area contributed by atoms with Crippen molar-refractivity contribution < 1.29 is 9.90 Å². The van der Waals surface area contributed by atoms with Gasteiger partial charge in [0.25, 0.3) is 5.91 Å². The molecule has 1 aliphatic rings. The Hall–Kier alpha value is -1.35. The number of likely N-dealkylation sites (N-methyl/N-ethyl adjacent to an activating group) is 1. The summed E-state index contributed by atoms with van der Waals surface area (Å²) >= 11 is 1.41. The summed E-state index contributed by atoms with van der Waals surface area (Å²) in [4.78, 5) is 15.3. The van der Waals surface area contributed by atoms with Crippen molar-refractivity contribution >= 4 is 17.2 Å². The molecule has 0 aliphatic carbocycles. The third kappa shape index (κ3) is 4.57. The molecule has 114 valence electrons. The van der Waals surface area contributed by atoms with E-state index in [4.69, 9.17) is 5.11 Å². The highest BCUT2D eigenvalue weighted by molar-refractivity contribution is 7.12. The van der Waals surface area contributed by atoms with Gasteiger partial charge >= 0.3 is 0 Å². The van der Waals surface area contributed by atoms with Crippen molar-refractivity contribution in [1.29, 1.82) is 0 Å². The molecule has 21 heavy (non-hydrogen) atoms. The Labute approximate surface area is 130 Å². The van der Waals surface area contributed by atoms with Crippen LogP contribution >= 0.6 is 11.3 Å². The number of likely N-dealkylation sites (tertiary alicyclic amines) is 1. The van der Waals surface area contributed by atoms with Crippen molar-refractivity contribution in [2.24, 2.45) is 0 Å². The van der Waals surface area contributed by atoms with Gasteiger partial charge < -0.3 is 15.3 Å². The fourth-order valence-electron chi connectivity index (χ4n) is 2.49. The predicted octanol–water partition coefficient (Wildman–Crippen LogP) is 1.70. The first kappa shape index (κ1) is 16.0. The molecule has 1 amide bonds. The third-order valence-corrected chi connectivity index (χ3v) is 4.66. The number of rotatable bonds is 4. The number of carbonyl (C=O) groups is 1. The number of thiophene rings is 1. The van der Waals surface area contributed by atoms with Gasteiger partial charge in [0.05, 0.1) is 6.61 Å². The number of hydrogen-bond donors (Lipinski definition) is 2. The van der Waals surface area contributed by atoms with Crippen molar-refractivity contribution in [3.63, 3.8) is 0 Å². The molecule has 5 heteroatoms. The van der Waals surface area contributed by atoms with Gasteiger partial charge in [-0.1, -0.05) is 18.3 Å². The zero-order valence-corrected chi connectivity index (χ0v) is 13.2. The van der Waals surface area contributed by atoms with Crippen LogP contribution in [0, 0.1) is 11.8 Å². The topological polar surface area (TPSA) is 52.6 Å². The molecule has 2 N–H and O–H groups in total. The number of nitrogens with zero attached hydrogens (tertiary/aromatic N) is 1. The molecule has 2 heterocycles. The SMILES string of the molecule is CN1CCCCC1CNC(=O)c1sccc1C#CCCO. The van der Waals surface area contributed by atoms with Crippen molar-refractivity contribution in [2.45, 2.75) is 31.7 Å². The minimum Gasteiger partial charge on any atom is -0.395 e. The predicted molar refractivity (Wildman–Crippen MR) is 85.5 cm³/mol. The second-order valence-electron chi connectivity index (χ2n) is 5.28. The standard InChI is InChI=1S/C16H22N2O2S/c1-18-9-4-2-7-14(18)12-17-16(20)15-13(8-11-21-15)6-3-5-10-19/h8,11,14,19H,2,4-5,7,9-10,12H2,1H3,(H,17,20). The molecule has 1 aliphatic heterocycles. The molecule has 0 spiro atoms. The summed E-state index contributed by atoms with van der Waals surface area (Å²) < 4.78 is 0. The molecule has 2 rings (SSSR count). The molecule has 1 aromatic rings. The van der Waals surface area contributed by atoms with Crippen LogP contribution < -0.4 is 5.32 Å². The Morgan fingerprint density at radius 1 is 1.57 bits per heavy atom. The molecule has 0 aromatic carbocycles. The minimum atomic E-state index is -0.0442. The van der Waals surface area contributed by atoms with Crippen LogP contribution in [0.15, 0.2) is 11.4 Å². The second kappa shape index (κ2) is 8.18. The van der Waals surface area contributed by atoms with E-state index in [9.17, 15) is 4.79 Å². The van der Waals surface area contributed by atoms with Gasteiger partial charge in [0.2, 0.25) is 0 Å². The van der Waals surface area contributed by atoms with Gasteiger partial charge in [-0.2, -0.15) is 0 Å². The molecule has 1 fully saturated rings. The van der Waals surface area contributed by atoms with Gasteiger partial charge in [-0.3, -0.25) is 4.79 Å². The van der Waals surface area contributed by atoms with Gasteiger partial charge in [-0.05, 0) is 37.9 Å². The number of carbonyl (C=O) groups excluding carboxylic acids is 1. The zero-order valence-electron chi connectivity index (χ0n) is 12.4. The van der Waals surface area contributed by atoms with E-state index < -0.39 is 0 Å². The van der Waals surface area contributed by atoms with Crippen LogP contribution in [0.5, 0.6) is 0 Å². The minimum absolute atomic E-state index is 0.0442. The number of aliphatic hydroxyl groups is 1. The normalized spacial score (nSPS) is 18.9. The van der Waals surface area contributed by atoms with E-state index in [1.807, 2.05) is 11.4 Å². The largest absolute Gasteiger partial charge is 0.395 e. The molecular formula is C16H22N2O2S. The van der Waals surface area contributed by atoms with Crippen LogP contribution in [-0.2, 0) is 0 Å². The molecule has 0 bridgehead atoms. The molecule has 1 saturated heterocycles. The molecule has 1 atom stereocenters. The number of nitrogens with one attached hydrogen (secondary N) is 1. The highest BCUT2D eigenvalue weighted by Gasteiger charge is 2.20. The fourth-order valence-corrected chi connectivity index (χ4v) is 3.26. The van der Waals surface area contributed by atoms with Crippen LogP contribution in [0.4, 0.5) is 0 Å². The van der Waals surface area contributed by atoms with Gasteiger partial charge in [0.1, 0.15) is 4.88 Å². The monoisotopic (exact) mass is 306 g/mol. The van der Waals surface area contributed by atoms with Gasteiger partial charge in [-0.25, -0.2) is 0 Å². The van der Waals surface area contributed by atoms with Gasteiger partial charge in [0.15, 0.2) is 0 Å². The Morgan fingerprint density at radius 3 is 3.19 bits per heavy atom. The Morgan fingerprint density at radius 2 is 2.43 bits per heavy atom. The molecule has 1 unspecified atom stereocenters. The van der Waals surface area contributed by atoms with Crippen LogP contribution in [0.25, 0.3) is 0 Å². The summed E-state index contributed by atoms with van der Waals surface area (Å²) in [6, 6.07) is 2.29. The molecule has 0 radical (unpaired) electrons. The summed E-state index contributed by atoms with van der Waals surface area (Å²) in [5.74, 6) is 5.77. The lowest BCUT2D eigenvalue weighted by Crippen LogP contribution is -2.44. The van der Waals surface area contributed by atoms with Crippen LogP contribution in [0.2, 0.25) is 0 Å². The maximum atomic E-state index is 12.3. The van der Waals surface area contributed by atoms with Gasteiger partial charge in [0, 0.05) is 24.6 Å². The summed E-state index contributed by atoms with van der Waals surface area (Å²) in [5.41, 5.74) is 0.753. The number of piperidine rings is 1. The average molecular weight is 306 g/mol. The smallest absolute Gasteiger partial charge is 0.262 e. The van der Waals surface area contributed by atoms with E-state index in [1.165, 1.54) is 24.2 Å². The maximum Gasteiger partial charge on any atom is 0.262 e. The van der Waals surface area contributed by atoms with Gasteiger partial charge in [-0.15, -0.1) is 11.3 Å². The zero-order chi connectivity index (χ0) is 15.1. The van der Waals surface area contributed by atoms with E-state index in [-0.39, 0.29) is 12.5 Å². The lowest BCUT2D eigenvalue weighted by atomic mass is 10.0. The average Bonchev–Trinajstić information content (AvgIpc) is 2.95. The summed E-state index contributed by atoms with van der Waals surface area (Å²) in [6.45, 7) is 1.85. The van der Waals surface area contributed by atoms with Crippen molar-refractivity contribution in [3.8, 4) is 11.8 Å². The number of hydrogen-bond acceptors (Lipinski definition) is 4. The maximum absolute atomic E-state index is 12.3. The lowest BCUT2D eigenvalue weighted by molar-refractivity contribution is 0.0932.